The lowest BCUT2D eigenvalue weighted by Crippen LogP contribution is -2.25. The van der Waals surface area contributed by atoms with Gasteiger partial charge in [0.2, 0.25) is 0 Å². The van der Waals surface area contributed by atoms with E-state index in [4.69, 9.17) is 0 Å². The summed E-state index contributed by atoms with van der Waals surface area (Å²) in [7, 11) is 0. The minimum absolute atomic E-state index is 0.00563. The lowest BCUT2D eigenvalue weighted by Gasteiger charge is -2.16. The number of alkyl halides is 5. The fraction of sp³-hybridized carbons (Fsp3) is 0.750. The zero-order valence-corrected chi connectivity index (χ0v) is 10.7. The van der Waals surface area contributed by atoms with E-state index in [-0.39, 0.29) is 31.3 Å². The van der Waals surface area contributed by atoms with Crippen molar-refractivity contribution in [3.63, 3.8) is 0 Å². The van der Waals surface area contributed by atoms with Gasteiger partial charge in [0.15, 0.2) is 0 Å². The third-order valence-electron chi connectivity index (χ3n) is 2.27. The monoisotopic (exact) mass is 288 g/mol. The Hall–Kier alpha value is -1.14. The van der Waals surface area contributed by atoms with Crippen LogP contribution in [0.1, 0.15) is 45.4 Å². The average molecular weight is 288 g/mol. The van der Waals surface area contributed by atoms with Gasteiger partial charge in [-0.25, -0.2) is 4.79 Å². The highest BCUT2D eigenvalue weighted by molar-refractivity contribution is 5.87. The first kappa shape index (κ1) is 17.9. The van der Waals surface area contributed by atoms with Crippen molar-refractivity contribution in [2.75, 3.05) is 0 Å². The number of hydrogen-bond donors (Lipinski definition) is 0. The van der Waals surface area contributed by atoms with Gasteiger partial charge in [0.05, 0.1) is 6.42 Å². The van der Waals surface area contributed by atoms with Gasteiger partial charge in [-0.15, -0.1) is 0 Å². The molecule has 0 N–H and O–H groups in total. The third-order valence-corrected chi connectivity index (χ3v) is 2.27. The first-order valence-electron chi connectivity index (χ1n) is 5.87. The smallest absolute Gasteiger partial charge is 0.397 e. The number of rotatable bonds is 8. The van der Waals surface area contributed by atoms with Crippen molar-refractivity contribution in [2.24, 2.45) is 0 Å². The maximum Gasteiger partial charge on any atom is 0.400 e. The van der Waals surface area contributed by atoms with Crippen molar-refractivity contribution >= 4 is 5.97 Å². The van der Waals surface area contributed by atoms with Crippen LogP contribution in [0, 0.1) is 0 Å². The van der Waals surface area contributed by atoms with Crippen LogP contribution in [0.2, 0.25) is 0 Å². The molecule has 0 aromatic rings. The summed E-state index contributed by atoms with van der Waals surface area (Å²) in [5.74, 6) is -1.18. The quantitative estimate of drug-likeness (QED) is 0.282. The molecule has 112 valence electrons. The van der Waals surface area contributed by atoms with Crippen molar-refractivity contribution in [1.82, 2.24) is 0 Å². The second-order valence-corrected chi connectivity index (χ2v) is 4.34. The second-order valence-electron chi connectivity index (χ2n) is 4.34. The van der Waals surface area contributed by atoms with Crippen LogP contribution >= 0.6 is 0 Å². The second kappa shape index (κ2) is 7.45. The fourth-order valence-electron chi connectivity index (χ4n) is 1.28. The SMILES string of the molecule is C=C(C)C(=O)OC(F)(F)CCCCCCC(F)(F)F. The summed E-state index contributed by atoms with van der Waals surface area (Å²) in [4.78, 5) is 10.9. The first-order valence-corrected chi connectivity index (χ1v) is 5.87. The van der Waals surface area contributed by atoms with Crippen molar-refractivity contribution in [2.45, 2.75) is 57.7 Å². The van der Waals surface area contributed by atoms with Crippen molar-refractivity contribution in [3.8, 4) is 0 Å². The van der Waals surface area contributed by atoms with E-state index < -0.39 is 31.1 Å². The van der Waals surface area contributed by atoms with Crippen molar-refractivity contribution in [1.29, 1.82) is 0 Å². The van der Waals surface area contributed by atoms with Gasteiger partial charge in [0, 0.05) is 12.0 Å². The van der Waals surface area contributed by atoms with Gasteiger partial charge in [-0.2, -0.15) is 22.0 Å². The van der Waals surface area contributed by atoms with Gasteiger partial charge in [0.1, 0.15) is 0 Å². The molecule has 0 aliphatic heterocycles. The number of esters is 1. The Labute approximate surface area is 108 Å². The number of carbonyl (C=O) groups is 1. The Balaban J connectivity index is 3.75. The third kappa shape index (κ3) is 10.5. The highest BCUT2D eigenvalue weighted by atomic mass is 19.4. The van der Waals surface area contributed by atoms with Gasteiger partial charge in [0.25, 0.3) is 0 Å². The van der Waals surface area contributed by atoms with Crippen LogP contribution in [0.3, 0.4) is 0 Å². The summed E-state index contributed by atoms with van der Waals surface area (Å²) in [6.45, 7) is 4.41. The molecule has 2 nitrogen and oxygen atoms in total. The predicted molar refractivity (Wildman–Crippen MR) is 59.6 cm³/mol. The Bertz CT molecular complexity index is 310. The summed E-state index contributed by atoms with van der Waals surface area (Å²) in [5, 5.41) is 0. The Kier molecular flexibility index (Phi) is 7.00. The van der Waals surface area contributed by atoms with Crippen LogP contribution in [0.5, 0.6) is 0 Å². The summed E-state index contributed by atoms with van der Waals surface area (Å²) in [5.41, 5.74) is -0.134. The van der Waals surface area contributed by atoms with Crippen LogP contribution in [-0.4, -0.2) is 18.3 Å². The van der Waals surface area contributed by atoms with Gasteiger partial charge >= 0.3 is 18.3 Å². The molecule has 19 heavy (non-hydrogen) atoms. The van der Waals surface area contributed by atoms with E-state index in [9.17, 15) is 26.7 Å². The Morgan fingerprint density at radius 1 is 1.00 bits per heavy atom. The highest BCUT2D eigenvalue weighted by Gasteiger charge is 2.33. The molecular formula is C12H17F5O2. The van der Waals surface area contributed by atoms with Gasteiger partial charge in [-0.1, -0.05) is 19.4 Å². The molecule has 7 heteroatoms. The lowest BCUT2D eigenvalue weighted by atomic mass is 10.1. The molecule has 0 heterocycles. The van der Waals surface area contributed by atoms with Gasteiger partial charge in [-0.3, -0.25) is 0 Å². The van der Waals surface area contributed by atoms with Crippen molar-refractivity contribution < 1.29 is 31.5 Å². The molecule has 0 amide bonds. The molecule has 0 atom stereocenters. The van der Waals surface area contributed by atoms with Crippen LogP contribution in [-0.2, 0) is 9.53 Å². The van der Waals surface area contributed by atoms with Crippen LogP contribution in [0.4, 0.5) is 22.0 Å². The molecule has 0 aromatic heterocycles. The predicted octanol–water partition coefficient (Wildman–Crippen LogP) is 4.60. The summed E-state index contributed by atoms with van der Waals surface area (Å²) < 4.78 is 65.4. The molecule has 0 unspecified atom stereocenters. The first-order chi connectivity index (χ1) is 8.53. The average Bonchev–Trinajstić information content (AvgIpc) is 2.20. The van der Waals surface area contributed by atoms with E-state index in [2.05, 4.69) is 11.3 Å². The van der Waals surface area contributed by atoms with E-state index >= 15 is 0 Å². The van der Waals surface area contributed by atoms with E-state index in [1.54, 1.807) is 0 Å². The standard InChI is InChI=1S/C12H17F5O2/c1-9(2)10(18)19-12(16,17)8-6-4-3-5-7-11(13,14)15/h1,3-8H2,2H3. The summed E-state index contributed by atoms with van der Waals surface area (Å²) >= 11 is 0. The molecule has 0 fully saturated rings. The van der Waals surface area contributed by atoms with Crippen LogP contribution in [0.25, 0.3) is 0 Å². The molecule has 0 rings (SSSR count). The summed E-state index contributed by atoms with van der Waals surface area (Å²) in [6.07, 6.45) is -9.05. The van der Waals surface area contributed by atoms with Crippen molar-refractivity contribution in [3.05, 3.63) is 12.2 Å². The zero-order valence-electron chi connectivity index (χ0n) is 10.7. The Morgan fingerprint density at radius 3 is 1.89 bits per heavy atom. The minimum atomic E-state index is -4.21. The molecule has 0 bridgehead atoms. The number of hydrogen-bond acceptors (Lipinski definition) is 2. The number of halogens is 5. The van der Waals surface area contributed by atoms with Crippen LogP contribution < -0.4 is 0 Å². The van der Waals surface area contributed by atoms with E-state index in [0.717, 1.165) is 0 Å². The fourth-order valence-corrected chi connectivity index (χ4v) is 1.28. The zero-order chi connectivity index (χ0) is 15.1. The topological polar surface area (TPSA) is 26.3 Å². The Morgan fingerprint density at radius 2 is 1.47 bits per heavy atom. The summed E-state index contributed by atoms with van der Waals surface area (Å²) in [6, 6.07) is 0. The van der Waals surface area contributed by atoms with E-state index in [1.165, 1.54) is 6.92 Å². The number of carbonyl (C=O) groups excluding carboxylic acids is 1. The molecule has 0 radical (unpaired) electrons. The lowest BCUT2D eigenvalue weighted by molar-refractivity contribution is -0.232. The molecule has 0 aliphatic carbocycles. The maximum atomic E-state index is 13.1. The normalized spacial score (nSPS) is 12.3. The highest BCUT2D eigenvalue weighted by Crippen LogP contribution is 2.26. The molecule has 0 saturated carbocycles. The molecular weight excluding hydrogens is 271 g/mol. The number of ether oxygens (including phenoxy) is 1. The van der Waals surface area contributed by atoms with Crippen LogP contribution in [0.15, 0.2) is 12.2 Å². The van der Waals surface area contributed by atoms with Gasteiger partial charge < -0.3 is 4.74 Å². The molecule has 0 saturated heterocycles. The van der Waals surface area contributed by atoms with Gasteiger partial charge in [-0.05, 0) is 19.8 Å². The van der Waals surface area contributed by atoms with E-state index in [0.29, 0.717) is 0 Å². The molecule has 0 spiro atoms. The largest absolute Gasteiger partial charge is 0.400 e. The van der Waals surface area contributed by atoms with E-state index in [1.807, 2.05) is 0 Å². The molecule has 0 aliphatic rings. The number of unbranched alkanes of at least 4 members (excludes halogenated alkanes) is 3. The minimum Gasteiger partial charge on any atom is -0.397 e. The maximum absolute atomic E-state index is 13.1. The molecule has 0 aromatic carbocycles.